The van der Waals surface area contributed by atoms with E-state index in [-0.39, 0.29) is 19.0 Å². The molecule has 0 bridgehead atoms. The number of benzene rings is 3. The van der Waals surface area contributed by atoms with E-state index in [1.54, 1.807) is 19.1 Å². The predicted octanol–water partition coefficient (Wildman–Crippen LogP) is 3.73. The van der Waals surface area contributed by atoms with Gasteiger partial charge in [-0.05, 0) is 54.3 Å². The first-order valence-electron chi connectivity index (χ1n) is 11.6. The van der Waals surface area contributed by atoms with Crippen molar-refractivity contribution in [1.82, 2.24) is 5.32 Å². The van der Waals surface area contributed by atoms with Crippen molar-refractivity contribution in [3.63, 3.8) is 0 Å². The van der Waals surface area contributed by atoms with E-state index in [1.165, 1.54) is 0 Å². The maximum Gasteiger partial charge on any atom is 0.310 e. The van der Waals surface area contributed by atoms with Crippen molar-refractivity contribution in [1.29, 1.82) is 0 Å². The zero-order valence-corrected chi connectivity index (χ0v) is 19.6. The summed E-state index contributed by atoms with van der Waals surface area (Å²) in [6.07, 6.45) is 0.340. The Labute approximate surface area is 201 Å². The molecule has 3 aromatic rings. The molecule has 180 valence electrons. The highest BCUT2D eigenvalue weighted by Gasteiger charge is 2.12. The Kier molecular flexibility index (Phi) is 10.1. The van der Waals surface area contributed by atoms with Crippen LogP contribution in [0.3, 0.4) is 0 Å². The minimum absolute atomic E-state index is 0.166. The van der Waals surface area contributed by atoms with Crippen molar-refractivity contribution in [2.24, 2.45) is 0 Å². The molecule has 1 atom stereocenters. The van der Waals surface area contributed by atoms with Crippen LogP contribution >= 0.6 is 0 Å². The van der Waals surface area contributed by atoms with Gasteiger partial charge in [0.05, 0.1) is 25.7 Å². The van der Waals surface area contributed by atoms with Gasteiger partial charge in [-0.3, -0.25) is 4.79 Å². The number of carbonyl (C=O) groups is 1. The van der Waals surface area contributed by atoms with Gasteiger partial charge in [0, 0.05) is 12.1 Å². The fraction of sp³-hybridized carbons (Fsp3) is 0.321. The van der Waals surface area contributed by atoms with Gasteiger partial charge in [0.1, 0.15) is 12.4 Å². The van der Waals surface area contributed by atoms with Gasteiger partial charge >= 0.3 is 5.97 Å². The van der Waals surface area contributed by atoms with Crippen molar-refractivity contribution >= 4 is 5.97 Å². The molecule has 3 N–H and O–H groups in total. The minimum Gasteiger partial charge on any atom is -0.489 e. The summed E-state index contributed by atoms with van der Waals surface area (Å²) in [5, 5.41) is 23.6. The van der Waals surface area contributed by atoms with Crippen LogP contribution in [0.1, 0.15) is 40.8 Å². The van der Waals surface area contributed by atoms with Gasteiger partial charge in [0.25, 0.3) is 0 Å². The zero-order chi connectivity index (χ0) is 24.2. The lowest BCUT2D eigenvalue weighted by Gasteiger charge is -2.16. The van der Waals surface area contributed by atoms with E-state index in [4.69, 9.17) is 9.47 Å². The summed E-state index contributed by atoms with van der Waals surface area (Å²) in [5.74, 6) is 0.387. The molecule has 0 aromatic heterocycles. The van der Waals surface area contributed by atoms with E-state index in [1.807, 2.05) is 60.7 Å². The number of aliphatic hydroxyl groups is 2. The van der Waals surface area contributed by atoms with Crippen LogP contribution < -0.4 is 10.1 Å². The lowest BCUT2D eigenvalue weighted by Crippen LogP contribution is -2.24. The third-order valence-corrected chi connectivity index (χ3v) is 5.45. The Morgan fingerprint density at radius 2 is 1.74 bits per heavy atom. The Morgan fingerprint density at radius 3 is 2.50 bits per heavy atom. The van der Waals surface area contributed by atoms with Crippen LogP contribution in [0, 0.1) is 0 Å². The number of aliphatic hydroxyl groups excluding tert-OH is 2. The van der Waals surface area contributed by atoms with Crippen LogP contribution in [0.4, 0.5) is 0 Å². The van der Waals surface area contributed by atoms with Crippen LogP contribution in [0.5, 0.6) is 5.75 Å². The molecule has 0 fully saturated rings. The molecule has 6 nitrogen and oxygen atoms in total. The van der Waals surface area contributed by atoms with Crippen LogP contribution in [0.2, 0.25) is 0 Å². The van der Waals surface area contributed by atoms with Gasteiger partial charge in [0.2, 0.25) is 0 Å². The molecule has 0 aliphatic rings. The normalized spacial score (nSPS) is 11.7. The monoisotopic (exact) mass is 463 g/mol. The number of hydrogen-bond donors (Lipinski definition) is 3. The summed E-state index contributed by atoms with van der Waals surface area (Å²) < 4.78 is 10.9. The Morgan fingerprint density at radius 1 is 0.971 bits per heavy atom. The highest BCUT2D eigenvalue weighted by atomic mass is 16.5. The number of rotatable bonds is 13. The van der Waals surface area contributed by atoms with Gasteiger partial charge in [-0.2, -0.15) is 0 Å². The van der Waals surface area contributed by atoms with Gasteiger partial charge in [-0.25, -0.2) is 0 Å². The summed E-state index contributed by atoms with van der Waals surface area (Å²) in [6, 6.07) is 23.1. The molecule has 3 rings (SSSR count). The van der Waals surface area contributed by atoms with Gasteiger partial charge in [-0.15, -0.1) is 0 Å². The van der Waals surface area contributed by atoms with Crippen molar-refractivity contribution in [3.8, 4) is 5.75 Å². The van der Waals surface area contributed by atoms with E-state index in [0.717, 1.165) is 28.7 Å². The minimum atomic E-state index is -0.705. The third kappa shape index (κ3) is 7.99. The SMILES string of the molecule is CCOC(=O)Cc1cccc(CCNC[C@H](O)c2ccc(OCc3ccccc3)c(CO)c2)c1. The van der Waals surface area contributed by atoms with Crippen LogP contribution in [0.25, 0.3) is 0 Å². The summed E-state index contributed by atoms with van der Waals surface area (Å²) >= 11 is 0. The molecule has 0 aliphatic carbocycles. The summed E-state index contributed by atoms with van der Waals surface area (Å²) in [7, 11) is 0. The first-order valence-corrected chi connectivity index (χ1v) is 11.6. The van der Waals surface area contributed by atoms with E-state index in [9.17, 15) is 15.0 Å². The second-order valence-corrected chi connectivity index (χ2v) is 8.07. The summed E-state index contributed by atoms with van der Waals surface area (Å²) in [6.45, 7) is 3.50. The van der Waals surface area contributed by atoms with Crippen LogP contribution in [0.15, 0.2) is 72.8 Å². The maximum absolute atomic E-state index is 11.7. The molecular formula is C28H33NO5. The fourth-order valence-corrected chi connectivity index (χ4v) is 3.67. The van der Waals surface area contributed by atoms with E-state index in [2.05, 4.69) is 5.32 Å². The predicted molar refractivity (Wildman–Crippen MR) is 131 cm³/mol. The number of ether oxygens (including phenoxy) is 2. The molecule has 0 radical (unpaired) electrons. The highest BCUT2D eigenvalue weighted by Crippen LogP contribution is 2.24. The molecule has 0 amide bonds. The molecule has 0 spiro atoms. The average Bonchev–Trinajstić information content (AvgIpc) is 2.86. The van der Waals surface area contributed by atoms with Gasteiger partial charge in [0.15, 0.2) is 0 Å². The number of nitrogens with one attached hydrogen (secondary N) is 1. The van der Waals surface area contributed by atoms with Gasteiger partial charge < -0.3 is 25.0 Å². The largest absolute Gasteiger partial charge is 0.489 e. The zero-order valence-electron chi connectivity index (χ0n) is 19.6. The molecular weight excluding hydrogens is 430 g/mol. The summed E-state index contributed by atoms with van der Waals surface area (Å²) in [5.41, 5.74) is 4.46. The first-order chi connectivity index (χ1) is 16.6. The van der Waals surface area contributed by atoms with Crippen LogP contribution in [-0.2, 0) is 35.6 Å². The van der Waals surface area contributed by atoms with Crippen molar-refractivity contribution in [2.45, 2.75) is 39.1 Å². The lowest BCUT2D eigenvalue weighted by atomic mass is 10.0. The van der Waals surface area contributed by atoms with Crippen molar-refractivity contribution in [2.75, 3.05) is 19.7 Å². The molecule has 0 heterocycles. The number of carbonyl (C=O) groups excluding carboxylic acids is 1. The first kappa shape index (κ1) is 25.4. The molecule has 0 saturated carbocycles. The molecule has 34 heavy (non-hydrogen) atoms. The molecule has 6 heteroatoms. The Bertz CT molecular complexity index is 1040. The maximum atomic E-state index is 11.7. The van der Waals surface area contributed by atoms with Crippen molar-refractivity contribution in [3.05, 3.63) is 101 Å². The molecule has 3 aromatic carbocycles. The topological polar surface area (TPSA) is 88.0 Å². The van der Waals surface area contributed by atoms with E-state index >= 15 is 0 Å². The molecule has 0 saturated heterocycles. The average molecular weight is 464 g/mol. The van der Waals surface area contributed by atoms with E-state index < -0.39 is 6.10 Å². The quantitative estimate of drug-likeness (QED) is 0.264. The number of esters is 1. The smallest absolute Gasteiger partial charge is 0.310 e. The van der Waals surface area contributed by atoms with Crippen LogP contribution in [-0.4, -0.2) is 35.9 Å². The fourth-order valence-electron chi connectivity index (χ4n) is 3.67. The Balaban J connectivity index is 1.47. The molecule has 0 unspecified atom stereocenters. The lowest BCUT2D eigenvalue weighted by molar-refractivity contribution is -0.142. The molecule has 0 aliphatic heterocycles. The summed E-state index contributed by atoms with van der Waals surface area (Å²) in [4.78, 5) is 11.7. The van der Waals surface area contributed by atoms with Crippen molar-refractivity contribution < 1.29 is 24.5 Å². The third-order valence-electron chi connectivity index (χ3n) is 5.45. The van der Waals surface area contributed by atoms with Gasteiger partial charge in [-0.1, -0.05) is 60.7 Å². The second-order valence-electron chi connectivity index (χ2n) is 8.07. The highest BCUT2D eigenvalue weighted by molar-refractivity contribution is 5.72. The standard InChI is InChI=1S/C28H33NO5/c1-2-33-28(32)16-23-10-6-9-21(15-23)13-14-29-18-26(31)24-11-12-27(25(17-24)19-30)34-20-22-7-4-3-5-8-22/h3-12,15,17,26,29-31H,2,13-14,16,18-20H2,1H3/t26-/m0/s1. The number of hydrogen-bond acceptors (Lipinski definition) is 6. The second kappa shape index (κ2) is 13.5. The van der Waals surface area contributed by atoms with E-state index in [0.29, 0.717) is 37.6 Å². The Hall–Kier alpha value is -3.19.